The minimum Gasteiger partial charge on any atom is -0.484 e. The Morgan fingerprint density at radius 1 is 1.16 bits per heavy atom. The highest BCUT2D eigenvalue weighted by molar-refractivity contribution is 6.30. The molecule has 2 heterocycles. The average Bonchev–Trinajstić information content (AvgIpc) is 2.78. The van der Waals surface area contributed by atoms with E-state index in [-0.39, 0.29) is 17.9 Å². The van der Waals surface area contributed by atoms with Crippen molar-refractivity contribution in [3.63, 3.8) is 0 Å². The van der Waals surface area contributed by atoms with Crippen molar-refractivity contribution in [3.8, 4) is 16.9 Å². The van der Waals surface area contributed by atoms with Gasteiger partial charge in [-0.3, -0.25) is 14.6 Å². The van der Waals surface area contributed by atoms with Gasteiger partial charge in [0.2, 0.25) is 5.43 Å². The molecule has 2 aromatic heterocycles. The fraction of sp³-hybridized carbons (Fsp3) is 0.125. The van der Waals surface area contributed by atoms with Gasteiger partial charge in [0.25, 0.3) is 5.91 Å². The summed E-state index contributed by atoms with van der Waals surface area (Å²) in [5, 5.41) is 3.80. The molecule has 0 spiro atoms. The zero-order valence-corrected chi connectivity index (χ0v) is 17.5. The lowest BCUT2D eigenvalue weighted by Crippen LogP contribution is -2.28. The maximum atomic E-state index is 13.0. The molecule has 0 radical (unpaired) electrons. The number of amides is 1. The molecule has 4 aromatic rings. The van der Waals surface area contributed by atoms with Crippen LogP contribution in [0.4, 0.5) is 0 Å². The summed E-state index contributed by atoms with van der Waals surface area (Å²) in [6.07, 6.45) is 3.36. The zero-order chi connectivity index (χ0) is 21.8. The summed E-state index contributed by atoms with van der Waals surface area (Å²) in [6.45, 7) is 1.96. The Bertz CT molecular complexity index is 1280. The number of nitrogens with one attached hydrogen (secondary N) is 1. The maximum Gasteiger partial charge on any atom is 0.258 e. The molecule has 2 aromatic carbocycles. The number of carbonyl (C=O) groups is 1. The van der Waals surface area contributed by atoms with Crippen molar-refractivity contribution in [3.05, 3.63) is 93.6 Å². The summed E-state index contributed by atoms with van der Waals surface area (Å²) in [6, 6.07) is 15.6. The van der Waals surface area contributed by atoms with Gasteiger partial charge < -0.3 is 14.5 Å². The van der Waals surface area contributed by atoms with Gasteiger partial charge in [0.15, 0.2) is 6.61 Å². The largest absolute Gasteiger partial charge is 0.484 e. The number of pyridine rings is 1. The van der Waals surface area contributed by atoms with Crippen LogP contribution in [0.15, 0.2) is 76.2 Å². The van der Waals surface area contributed by atoms with Crippen molar-refractivity contribution >= 4 is 28.5 Å². The number of aromatic nitrogens is 1. The van der Waals surface area contributed by atoms with Crippen LogP contribution in [0.25, 0.3) is 22.1 Å². The number of fused-ring (bicyclic) bond motifs is 1. The number of hydrogen-bond donors (Lipinski definition) is 1. The van der Waals surface area contributed by atoms with Gasteiger partial charge in [-0.2, -0.15) is 0 Å². The van der Waals surface area contributed by atoms with Crippen LogP contribution in [0.3, 0.4) is 0 Å². The summed E-state index contributed by atoms with van der Waals surface area (Å²) in [5.41, 5.74) is 2.39. The van der Waals surface area contributed by atoms with Crippen LogP contribution < -0.4 is 15.5 Å². The average molecular weight is 435 g/mol. The maximum absolute atomic E-state index is 13.0. The molecule has 0 saturated heterocycles. The highest BCUT2D eigenvalue weighted by Gasteiger charge is 2.14. The van der Waals surface area contributed by atoms with Crippen molar-refractivity contribution in [2.24, 2.45) is 0 Å². The Balaban J connectivity index is 1.49. The number of halogens is 1. The molecule has 0 bridgehead atoms. The van der Waals surface area contributed by atoms with Crippen LogP contribution in [0.5, 0.6) is 5.75 Å². The molecule has 0 aliphatic heterocycles. The first-order valence-electron chi connectivity index (χ1n) is 9.63. The first kappa shape index (κ1) is 20.6. The Hall–Kier alpha value is -3.64. The highest BCUT2D eigenvalue weighted by Crippen LogP contribution is 2.27. The highest BCUT2D eigenvalue weighted by atomic mass is 35.5. The molecule has 7 heteroatoms. The molecule has 0 aliphatic rings. The second kappa shape index (κ2) is 9.02. The van der Waals surface area contributed by atoms with Crippen molar-refractivity contribution < 1.29 is 13.9 Å². The standard InChI is InChI=1S/C24H19ClN2O4/c1-15-23(17-4-6-18(25)7-5-17)24(29)20-9-8-19(11-21(20)31-15)30-14-22(28)27-13-16-3-2-10-26-12-16/h2-12H,13-14H2,1H3,(H,27,28). The molecule has 0 fully saturated rings. The Labute approximate surface area is 183 Å². The van der Waals surface area contributed by atoms with Crippen molar-refractivity contribution in [2.45, 2.75) is 13.5 Å². The van der Waals surface area contributed by atoms with E-state index in [0.29, 0.717) is 39.6 Å². The second-order valence-electron chi connectivity index (χ2n) is 6.95. The smallest absolute Gasteiger partial charge is 0.258 e. The number of carbonyl (C=O) groups excluding carboxylic acids is 1. The van der Waals surface area contributed by atoms with E-state index in [1.165, 1.54) is 0 Å². The first-order chi connectivity index (χ1) is 15.0. The molecule has 1 amide bonds. The van der Waals surface area contributed by atoms with Gasteiger partial charge in [-0.25, -0.2) is 0 Å². The third-order valence-electron chi connectivity index (χ3n) is 4.76. The summed E-state index contributed by atoms with van der Waals surface area (Å²) in [5.74, 6) is 0.664. The van der Waals surface area contributed by atoms with Gasteiger partial charge in [-0.05, 0) is 48.4 Å². The van der Waals surface area contributed by atoms with Crippen LogP contribution >= 0.6 is 11.6 Å². The first-order valence-corrected chi connectivity index (χ1v) is 10.0. The summed E-state index contributed by atoms with van der Waals surface area (Å²) in [7, 11) is 0. The van der Waals surface area contributed by atoms with E-state index in [4.69, 9.17) is 20.8 Å². The van der Waals surface area contributed by atoms with E-state index in [9.17, 15) is 9.59 Å². The fourth-order valence-corrected chi connectivity index (χ4v) is 3.36. The van der Waals surface area contributed by atoms with Crippen LogP contribution in [-0.2, 0) is 11.3 Å². The molecule has 156 valence electrons. The molecule has 1 N–H and O–H groups in total. The van der Waals surface area contributed by atoms with Gasteiger partial charge in [-0.15, -0.1) is 0 Å². The Morgan fingerprint density at radius 3 is 2.71 bits per heavy atom. The number of hydrogen-bond acceptors (Lipinski definition) is 5. The molecule has 31 heavy (non-hydrogen) atoms. The second-order valence-corrected chi connectivity index (χ2v) is 7.39. The number of ether oxygens (including phenoxy) is 1. The summed E-state index contributed by atoms with van der Waals surface area (Å²) in [4.78, 5) is 29.1. The summed E-state index contributed by atoms with van der Waals surface area (Å²) < 4.78 is 11.5. The Morgan fingerprint density at radius 2 is 1.97 bits per heavy atom. The quantitative estimate of drug-likeness (QED) is 0.482. The Kier molecular flexibility index (Phi) is 6.00. The number of benzene rings is 2. The number of nitrogens with zero attached hydrogens (tertiary/aromatic N) is 1. The molecule has 6 nitrogen and oxygen atoms in total. The summed E-state index contributed by atoms with van der Waals surface area (Å²) >= 11 is 5.95. The topological polar surface area (TPSA) is 81.4 Å². The number of aryl methyl sites for hydroxylation is 1. The van der Waals surface area contributed by atoms with Crippen LogP contribution in [0.2, 0.25) is 5.02 Å². The van der Waals surface area contributed by atoms with E-state index in [1.807, 2.05) is 6.07 Å². The van der Waals surface area contributed by atoms with E-state index >= 15 is 0 Å². The van der Waals surface area contributed by atoms with Crippen molar-refractivity contribution in [1.82, 2.24) is 10.3 Å². The predicted octanol–water partition coefficient (Wildman–Crippen LogP) is 4.51. The molecule has 0 atom stereocenters. The van der Waals surface area contributed by atoms with Gasteiger partial charge in [0.05, 0.1) is 10.9 Å². The number of rotatable bonds is 6. The predicted molar refractivity (Wildman–Crippen MR) is 119 cm³/mol. The minimum absolute atomic E-state index is 0.137. The lowest BCUT2D eigenvalue weighted by molar-refractivity contribution is -0.123. The molecule has 0 aliphatic carbocycles. The van der Waals surface area contributed by atoms with Gasteiger partial charge >= 0.3 is 0 Å². The molecular weight excluding hydrogens is 416 g/mol. The van der Waals surface area contributed by atoms with Gasteiger partial charge in [-0.1, -0.05) is 29.8 Å². The lowest BCUT2D eigenvalue weighted by atomic mass is 10.0. The van der Waals surface area contributed by atoms with E-state index in [1.54, 1.807) is 67.8 Å². The normalized spacial score (nSPS) is 10.8. The van der Waals surface area contributed by atoms with E-state index in [0.717, 1.165) is 11.1 Å². The SMILES string of the molecule is Cc1oc2cc(OCC(=O)NCc3cccnc3)ccc2c(=O)c1-c1ccc(Cl)cc1. The van der Waals surface area contributed by atoms with Gasteiger partial charge in [0.1, 0.15) is 17.1 Å². The monoisotopic (exact) mass is 434 g/mol. The zero-order valence-electron chi connectivity index (χ0n) is 16.7. The van der Waals surface area contributed by atoms with Crippen LogP contribution in [0, 0.1) is 6.92 Å². The lowest BCUT2D eigenvalue weighted by Gasteiger charge is -2.10. The minimum atomic E-state index is -0.264. The van der Waals surface area contributed by atoms with Crippen LogP contribution in [0.1, 0.15) is 11.3 Å². The third kappa shape index (κ3) is 4.75. The van der Waals surface area contributed by atoms with Crippen LogP contribution in [-0.4, -0.2) is 17.5 Å². The van der Waals surface area contributed by atoms with E-state index < -0.39 is 0 Å². The molecule has 4 rings (SSSR count). The van der Waals surface area contributed by atoms with Crippen molar-refractivity contribution in [1.29, 1.82) is 0 Å². The fourth-order valence-electron chi connectivity index (χ4n) is 3.23. The van der Waals surface area contributed by atoms with Crippen molar-refractivity contribution in [2.75, 3.05) is 6.61 Å². The molecule has 0 unspecified atom stereocenters. The molecular formula is C24H19ClN2O4. The molecule has 0 saturated carbocycles. The van der Waals surface area contributed by atoms with E-state index in [2.05, 4.69) is 10.3 Å². The van der Waals surface area contributed by atoms with Gasteiger partial charge in [0, 0.05) is 30.0 Å². The third-order valence-corrected chi connectivity index (χ3v) is 5.01.